The van der Waals surface area contributed by atoms with E-state index in [0.29, 0.717) is 44.0 Å². The van der Waals surface area contributed by atoms with Gasteiger partial charge in [-0.15, -0.1) is 0 Å². The third kappa shape index (κ3) is 7.30. The van der Waals surface area contributed by atoms with Gasteiger partial charge in [0, 0.05) is 43.7 Å². The molecule has 3 amide bonds. The lowest BCUT2D eigenvalue weighted by molar-refractivity contribution is -0.134. The van der Waals surface area contributed by atoms with E-state index in [1.54, 1.807) is 17.0 Å². The van der Waals surface area contributed by atoms with Crippen LogP contribution in [0.1, 0.15) is 41.6 Å². The van der Waals surface area contributed by atoms with Crippen molar-refractivity contribution in [3.05, 3.63) is 77.9 Å². The van der Waals surface area contributed by atoms with E-state index in [-0.39, 0.29) is 42.6 Å². The first kappa shape index (κ1) is 27.9. The normalized spacial score (nSPS) is 22.8. The van der Waals surface area contributed by atoms with Gasteiger partial charge < -0.3 is 24.8 Å². The standard InChI is InChI=1S/C32H40N4O4/c37-30(33-15-19-34-16-6-7-17-34)21-26-14-18-35-22-27(26)12-8-20-40-29-13-5-4-11-28(29)23-36(24-31(35)38)32(39)25-9-2-1-3-10-25/h1-5,8-13,26-27H,6-7,14-24H2,(H,33,37)/b12-8-/t26-,27-/m0/s1. The van der Waals surface area contributed by atoms with E-state index >= 15 is 0 Å². The van der Waals surface area contributed by atoms with Crippen molar-refractivity contribution in [1.29, 1.82) is 0 Å². The van der Waals surface area contributed by atoms with Crippen molar-refractivity contribution in [2.75, 3.05) is 52.4 Å². The summed E-state index contributed by atoms with van der Waals surface area (Å²) >= 11 is 0. The molecule has 0 aromatic heterocycles. The number of likely N-dealkylation sites (tertiary alicyclic amines) is 1. The Balaban J connectivity index is 1.29. The van der Waals surface area contributed by atoms with E-state index < -0.39 is 0 Å². The van der Waals surface area contributed by atoms with E-state index in [1.807, 2.05) is 53.4 Å². The highest BCUT2D eigenvalue weighted by atomic mass is 16.5. The number of rotatable bonds is 6. The van der Waals surface area contributed by atoms with Crippen LogP contribution in [0.4, 0.5) is 0 Å². The maximum absolute atomic E-state index is 13.6. The Morgan fingerprint density at radius 2 is 1.73 bits per heavy atom. The van der Waals surface area contributed by atoms with E-state index in [1.165, 1.54) is 12.8 Å². The van der Waals surface area contributed by atoms with Gasteiger partial charge in [-0.3, -0.25) is 14.4 Å². The number of fused-ring (bicyclic) bond motifs is 3. The molecule has 2 fully saturated rings. The fraction of sp³-hybridized carbons (Fsp3) is 0.469. The second-order valence-electron chi connectivity index (χ2n) is 11.0. The Labute approximate surface area is 237 Å². The number of hydrogen-bond donors (Lipinski definition) is 1. The quantitative estimate of drug-likeness (QED) is 0.565. The molecular weight excluding hydrogens is 504 g/mol. The van der Waals surface area contributed by atoms with Crippen molar-refractivity contribution in [2.24, 2.45) is 11.8 Å². The third-order valence-corrected chi connectivity index (χ3v) is 8.24. The molecule has 3 aliphatic heterocycles. The molecule has 0 radical (unpaired) electrons. The van der Waals surface area contributed by atoms with E-state index in [9.17, 15) is 14.4 Å². The molecule has 8 nitrogen and oxygen atoms in total. The average molecular weight is 545 g/mol. The SMILES string of the molecule is O=C(C[C@@H]1CCN2C[C@@H]1/C=C\COc1ccccc1CN(C(=O)c1ccccc1)CC2=O)NCCN1CCCC1. The second-order valence-corrected chi connectivity index (χ2v) is 11.0. The lowest BCUT2D eigenvalue weighted by Crippen LogP contribution is -2.48. The molecule has 5 rings (SSSR count). The Kier molecular flexibility index (Phi) is 9.50. The minimum atomic E-state index is -0.186. The molecule has 212 valence electrons. The maximum atomic E-state index is 13.6. The fourth-order valence-electron chi connectivity index (χ4n) is 5.97. The summed E-state index contributed by atoms with van der Waals surface area (Å²) in [6.45, 7) is 5.57. The maximum Gasteiger partial charge on any atom is 0.254 e. The van der Waals surface area contributed by atoms with Crippen LogP contribution in [0.2, 0.25) is 0 Å². The van der Waals surface area contributed by atoms with Gasteiger partial charge in [-0.25, -0.2) is 0 Å². The smallest absolute Gasteiger partial charge is 0.254 e. The summed E-state index contributed by atoms with van der Waals surface area (Å²) in [5, 5.41) is 3.11. The van der Waals surface area contributed by atoms with Crippen molar-refractivity contribution in [3.8, 4) is 5.75 Å². The van der Waals surface area contributed by atoms with Gasteiger partial charge in [-0.1, -0.05) is 48.6 Å². The number of para-hydroxylation sites is 1. The first-order valence-electron chi connectivity index (χ1n) is 14.6. The lowest BCUT2D eigenvalue weighted by atomic mass is 9.82. The number of nitrogens with zero attached hydrogens (tertiary/aromatic N) is 3. The van der Waals surface area contributed by atoms with E-state index in [4.69, 9.17) is 4.74 Å². The first-order chi connectivity index (χ1) is 19.6. The van der Waals surface area contributed by atoms with Crippen LogP contribution in [-0.2, 0) is 16.1 Å². The van der Waals surface area contributed by atoms with Crippen LogP contribution in [0, 0.1) is 11.8 Å². The molecule has 8 heteroatoms. The molecule has 3 heterocycles. The van der Waals surface area contributed by atoms with Crippen LogP contribution in [0.5, 0.6) is 5.75 Å². The summed E-state index contributed by atoms with van der Waals surface area (Å²) in [5.41, 5.74) is 1.40. The predicted molar refractivity (Wildman–Crippen MR) is 154 cm³/mol. The topological polar surface area (TPSA) is 82.2 Å². The largest absolute Gasteiger partial charge is 0.489 e. The van der Waals surface area contributed by atoms with Crippen LogP contribution < -0.4 is 10.1 Å². The molecule has 2 saturated heterocycles. The molecule has 2 aromatic rings. The molecule has 0 unspecified atom stereocenters. The fourth-order valence-corrected chi connectivity index (χ4v) is 5.97. The number of benzene rings is 2. The van der Waals surface area contributed by atoms with Gasteiger partial charge in [-0.2, -0.15) is 0 Å². The number of amides is 3. The molecule has 2 bridgehead atoms. The van der Waals surface area contributed by atoms with Gasteiger partial charge in [0.1, 0.15) is 18.9 Å². The number of hydrogen-bond acceptors (Lipinski definition) is 5. The second kappa shape index (κ2) is 13.6. The van der Waals surface area contributed by atoms with Gasteiger partial charge in [-0.05, 0) is 62.4 Å². The predicted octanol–water partition coefficient (Wildman–Crippen LogP) is 3.34. The number of ether oxygens (including phenoxy) is 1. The van der Waals surface area contributed by atoms with E-state index in [0.717, 1.165) is 31.6 Å². The molecule has 2 atom stereocenters. The van der Waals surface area contributed by atoms with Crippen LogP contribution in [0.15, 0.2) is 66.7 Å². The Hall–Kier alpha value is -3.65. The highest BCUT2D eigenvalue weighted by Gasteiger charge is 2.33. The Morgan fingerprint density at radius 1 is 0.950 bits per heavy atom. The van der Waals surface area contributed by atoms with Crippen molar-refractivity contribution < 1.29 is 19.1 Å². The molecule has 0 aliphatic carbocycles. The Bertz CT molecular complexity index is 1190. The number of nitrogens with one attached hydrogen (secondary N) is 1. The lowest BCUT2D eigenvalue weighted by Gasteiger charge is -2.38. The molecule has 1 N–H and O–H groups in total. The van der Waals surface area contributed by atoms with Crippen LogP contribution in [-0.4, -0.2) is 84.8 Å². The first-order valence-corrected chi connectivity index (χ1v) is 14.6. The highest BCUT2D eigenvalue weighted by Crippen LogP contribution is 2.29. The zero-order valence-electron chi connectivity index (χ0n) is 23.2. The minimum absolute atomic E-state index is 0.0137. The molecular formula is C32H40N4O4. The number of carbonyl (C=O) groups is 3. The van der Waals surface area contributed by atoms with Crippen molar-refractivity contribution in [3.63, 3.8) is 0 Å². The van der Waals surface area contributed by atoms with Crippen LogP contribution in [0.25, 0.3) is 0 Å². The summed E-state index contributed by atoms with van der Waals surface area (Å²) in [7, 11) is 0. The van der Waals surface area contributed by atoms with Gasteiger partial charge in [0.2, 0.25) is 11.8 Å². The monoisotopic (exact) mass is 544 g/mol. The van der Waals surface area contributed by atoms with Crippen molar-refractivity contribution >= 4 is 17.7 Å². The number of carbonyl (C=O) groups excluding carboxylic acids is 3. The summed E-state index contributed by atoms with van der Waals surface area (Å²) in [5.74, 6) is 0.695. The average Bonchev–Trinajstić information content (AvgIpc) is 3.49. The summed E-state index contributed by atoms with van der Waals surface area (Å²) in [6, 6.07) is 16.7. The van der Waals surface area contributed by atoms with Crippen LogP contribution >= 0.6 is 0 Å². The molecule has 0 saturated carbocycles. The van der Waals surface area contributed by atoms with E-state index in [2.05, 4.69) is 16.3 Å². The zero-order chi connectivity index (χ0) is 27.7. The molecule has 2 aromatic carbocycles. The zero-order valence-corrected chi connectivity index (χ0v) is 23.2. The third-order valence-electron chi connectivity index (χ3n) is 8.24. The van der Waals surface area contributed by atoms with Gasteiger partial charge in [0.15, 0.2) is 0 Å². The van der Waals surface area contributed by atoms with Gasteiger partial charge >= 0.3 is 0 Å². The summed E-state index contributed by atoms with van der Waals surface area (Å²) < 4.78 is 6.11. The summed E-state index contributed by atoms with van der Waals surface area (Å²) in [4.78, 5) is 45.8. The van der Waals surface area contributed by atoms with Crippen molar-refractivity contribution in [2.45, 2.75) is 32.2 Å². The minimum Gasteiger partial charge on any atom is -0.489 e. The summed E-state index contributed by atoms with van der Waals surface area (Å²) in [6.07, 6.45) is 7.78. The molecule has 40 heavy (non-hydrogen) atoms. The van der Waals surface area contributed by atoms with Gasteiger partial charge in [0.05, 0.1) is 6.54 Å². The Morgan fingerprint density at radius 3 is 2.55 bits per heavy atom. The van der Waals surface area contributed by atoms with Crippen molar-refractivity contribution in [1.82, 2.24) is 20.0 Å². The molecule has 0 spiro atoms. The molecule has 3 aliphatic rings. The van der Waals surface area contributed by atoms with Crippen LogP contribution in [0.3, 0.4) is 0 Å². The van der Waals surface area contributed by atoms with Gasteiger partial charge in [0.25, 0.3) is 5.91 Å². The highest BCUT2D eigenvalue weighted by molar-refractivity contribution is 5.96. The number of piperidine rings is 1.